The van der Waals surface area contributed by atoms with Crippen LogP contribution in [0, 0.1) is 0 Å². The number of hydrogen-bond donors (Lipinski definition) is 2. The molecule has 0 atom stereocenters. The van der Waals surface area contributed by atoms with Gasteiger partial charge in [0.05, 0.1) is 0 Å². The maximum Gasteiger partial charge on any atom is 0.121 e. The molecule has 1 aromatic rings. The van der Waals surface area contributed by atoms with Gasteiger partial charge in [-0.2, -0.15) is 0 Å². The first-order chi connectivity index (χ1) is 8.37. The average molecular weight is 356 g/mol. The highest BCUT2D eigenvalue weighted by Gasteiger charge is 2.22. The number of aliphatic hydroxyl groups excluding tert-OH is 1. The van der Waals surface area contributed by atoms with Gasteiger partial charge in [-0.15, -0.1) is 0 Å². The quantitative estimate of drug-likeness (QED) is 0.470. The van der Waals surface area contributed by atoms with Gasteiger partial charge >= 0.3 is 0 Å². The van der Waals surface area contributed by atoms with Crippen LogP contribution >= 0.6 is 22.6 Å². The number of benzene rings is 1. The fourth-order valence-corrected chi connectivity index (χ4v) is 1.70. The molecule has 0 radical (unpaired) electrons. The van der Waals surface area contributed by atoms with Crippen LogP contribution in [0.4, 0.5) is 0 Å². The molecule has 96 valence electrons. The zero-order chi connectivity index (χ0) is 13.8. The summed E-state index contributed by atoms with van der Waals surface area (Å²) >= 11 is 1.98. The first-order valence-corrected chi connectivity index (χ1v) is 6.79. The molecule has 0 bridgehead atoms. The van der Waals surface area contributed by atoms with E-state index in [2.05, 4.69) is 20.4 Å². The molecule has 0 saturated heterocycles. The molecule has 0 heterocycles. The summed E-state index contributed by atoms with van der Waals surface area (Å²) in [6.07, 6.45) is 3.42. The summed E-state index contributed by atoms with van der Waals surface area (Å²) in [5, 5.41) is 18.7. The van der Waals surface area contributed by atoms with Gasteiger partial charge in [0.1, 0.15) is 11.5 Å². The second-order valence-electron chi connectivity index (χ2n) is 4.56. The van der Waals surface area contributed by atoms with E-state index in [1.54, 1.807) is 28.4 Å². The van der Waals surface area contributed by atoms with Crippen LogP contribution in [0.1, 0.15) is 19.4 Å². The third-order valence-electron chi connectivity index (χ3n) is 2.96. The Hall–Kier alpha value is -1.23. The van der Waals surface area contributed by atoms with E-state index in [1.807, 2.05) is 34.7 Å². The Labute approximate surface area is 121 Å². The molecular formula is C15H17IO2. The van der Waals surface area contributed by atoms with E-state index < -0.39 is 0 Å². The predicted octanol–water partition coefficient (Wildman–Crippen LogP) is 4.62. The lowest BCUT2D eigenvalue weighted by Crippen LogP contribution is -2.18. The Kier molecular flexibility index (Phi) is 5.02. The smallest absolute Gasteiger partial charge is 0.121 e. The van der Waals surface area contributed by atoms with Crippen molar-refractivity contribution < 1.29 is 10.2 Å². The number of aromatic hydroxyl groups is 1. The number of halogens is 1. The van der Waals surface area contributed by atoms with Crippen molar-refractivity contribution in [2.45, 2.75) is 19.3 Å². The summed E-state index contributed by atoms with van der Waals surface area (Å²) in [5.74, 6) is 0.458. The van der Waals surface area contributed by atoms with E-state index in [4.69, 9.17) is 0 Å². The zero-order valence-electron chi connectivity index (χ0n) is 10.5. The van der Waals surface area contributed by atoms with Crippen LogP contribution in [0.2, 0.25) is 0 Å². The highest BCUT2D eigenvalue weighted by Crippen LogP contribution is 2.32. The highest BCUT2D eigenvalue weighted by molar-refractivity contribution is 14.1. The summed E-state index contributed by atoms with van der Waals surface area (Å²) < 4.78 is 1.59. The topological polar surface area (TPSA) is 40.5 Å². The number of phenols is 1. The molecule has 0 saturated carbocycles. The Balaban J connectivity index is 2.96. The van der Waals surface area contributed by atoms with E-state index in [1.165, 1.54) is 0 Å². The Morgan fingerprint density at radius 3 is 2.28 bits per heavy atom. The van der Waals surface area contributed by atoms with Crippen molar-refractivity contribution in [3.05, 3.63) is 64.0 Å². The number of hydrogen-bond acceptors (Lipinski definition) is 2. The van der Waals surface area contributed by atoms with Crippen molar-refractivity contribution in [2.75, 3.05) is 0 Å². The zero-order valence-corrected chi connectivity index (χ0v) is 12.7. The van der Waals surface area contributed by atoms with Crippen molar-refractivity contribution in [3.8, 4) is 5.75 Å². The van der Waals surface area contributed by atoms with E-state index in [0.717, 1.165) is 11.1 Å². The molecule has 0 aliphatic rings. The summed E-state index contributed by atoms with van der Waals surface area (Å²) in [6.45, 7) is 8.15. The first-order valence-electron chi connectivity index (χ1n) is 5.54. The monoisotopic (exact) mass is 356 g/mol. The minimum absolute atomic E-state index is 0.207. The van der Waals surface area contributed by atoms with Gasteiger partial charge in [0.15, 0.2) is 0 Å². The van der Waals surface area contributed by atoms with Crippen molar-refractivity contribution in [1.82, 2.24) is 0 Å². The summed E-state index contributed by atoms with van der Waals surface area (Å²) in [5.41, 5.74) is 1.70. The second-order valence-corrected chi connectivity index (χ2v) is 5.19. The Bertz CT molecular complexity index is 482. The Morgan fingerprint density at radius 1 is 1.22 bits per heavy atom. The largest absolute Gasteiger partial charge is 0.508 e. The molecule has 0 aromatic heterocycles. The van der Waals surface area contributed by atoms with Crippen LogP contribution in [0.15, 0.2) is 58.4 Å². The van der Waals surface area contributed by atoms with Crippen LogP contribution in [0.25, 0.3) is 0 Å². The number of rotatable bonds is 4. The van der Waals surface area contributed by atoms with Gasteiger partial charge < -0.3 is 10.2 Å². The predicted molar refractivity (Wildman–Crippen MR) is 84.1 cm³/mol. The van der Waals surface area contributed by atoms with Crippen molar-refractivity contribution >= 4 is 22.6 Å². The summed E-state index contributed by atoms with van der Waals surface area (Å²) in [4.78, 5) is 0. The summed E-state index contributed by atoms with van der Waals surface area (Å²) in [6, 6.07) is 7.08. The molecule has 0 unspecified atom stereocenters. The van der Waals surface area contributed by atoms with Crippen LogP contribution in [0.5, 0.6) is 5.75 Å². The van der Waals surface area contributed by atoms with Crippen molar-refractivity contribution in [3.63, 3.8) is 0 Å². The minimum Gasteiger partial charge on any atom is -0.508 e. The van der Waals surface area contributed by atoms with Gasteiger partial charge in [-0.1, -0.05) is 38.6 Å². The van der Waals surface area contributed by atoms with Crippen LogP contribution in [-0.4, -0.2) is 10.2 Å². The molecule has 2 nitrogen and oxygen atoms in total. The van der Waals surface area contributed by atoms with Crippen LogP contribution in [0.3, 0.4) is 0 Å². The highest BCUT2D eigenvalue weighted by atomic mass is 127. The minimum atomic E-state index is -0.254. The molecule has 18 heavy (non-hydrogen) atoms. The molecule has 0 fully saturated rings. The molecule has 2 N–H and O–H groups in total. The molecule has 0 aliphatic heterocycles. The lowest BCUT2D eigenvalue weighted by atomic mass is 9.78. The van der Waals surface area contributed by atoms with Gasteiger partial charge in [-0.25, -0.2) is 0 Å². The molecule has 1 rings (SSSR count). The number of phenolic OH excluding ortho intramolecular Hbond substituents is 1. The lowest BCUT2D eigenvalue weighted by Gasteiger charge is -2.26. The van der Waals surface area contributed by atoms with E-state index in [0.29, 0.717) is 0 Å². The molecule has 0 amide bonds. The van der Waals surface area contributed by atoms with Gasteiger partial charge in [-0.05, 0) is 51.9 Å². The maximum absolute atomic E-state index is 9.37. The van der Waals surface area contributed by atoms with E-state index in [-0.39, 0.29) is 16.9 Å². The Morgan fingerprint density at radius 2 is 1.78 bits per heavy atom. The summed E-state index contributed by atoms with van der Waals surface area (Å²) in [7, 11) is 0. The van der Waals surface area contributed by atoms with Gasteiger partial charge in [0.2, 0.25) is 0 Å². The normalized spacial score (nSPS) is 12.9. The van der Waals surface area contributed by atoms with Gasteiger partial charge in [0, 0.05) is 9.50 Å². The number of allylic oxidation sites excluding steroid dienone is 3. The van der Waals surface area contributed by atoms with Crippen LogP contribution in [-0.2, 0) is 5.41 Å². The second kappa shape index (κ2) is 6.09. The lowest BCUT2D eigenvalue weighted by molar-refractivity contribution is 0.434. The van der Waals surface area contributed by atoms with Crippen molar-refractivity contribution in [2.24, 2.45) is 0 Å². The fraction of sp³-hybridized carbons (Fsp3) is 0.200. The van der Waals surface area contributed by atoms with Crippen molar-refractivity contribution in [1.29, 1.82) is 0 Å². The number of aliphatic hydroxyl groups is 1. The molecular weight excluding hydrogens is 339 g/mol. The molecule has 1 aromatic carbocycles. The molecule has 0 spiro atoms. The van der Waals surface area contributed by atoms with E-state index >= 15 is 0 Å². The van der Waals surface area contributed by atoms with E-state index in [9.17, 15) is 10.2 Å². The van der Waals surface area contributed by atoms with Gasteiger partial charge in [-0.3, -0.25) is 0 Å². The maximum atomic E-state index is 9.37. The molecule has 3 heteroatoms. The third kappa shape index (κ3) is 3.63. The molecule has 0 aliphatic carbocycles. The average Bonchev–Trinajstić information content (AvgIpc) is 2.35. The SMILES string of the molecule is C=C(/C=C\C(O)=C/I)C(C)(C)c1ccc(O)cc1. The standard InChI is InChI=1S/C15H17IO2/c1-11(4-7-14(18)10-16)15(2,3)12-5-8-13(17)9-6-12/h4-10,17-18H,1H2,2-3H3/b7-4-,14-10+. The first kappa shape index (κ1) is 14.8. The fourth-order valence-electron chi connectivity index (χ4n) is 1.49. The van der Waals surface area contributed by atoms with Gasteiger partial charge in [0.25, 0.3) is 0 Å². The van der Waals surface area contributed by atoms with Crippen LogP contribution < -0.4 is 0 Å². The third-order valence-corrected chi connectivity index (χ3v) is 3.60.